The second kappa shape index (κ2) is 7.38. The number of anilines is 1. The van der Waals surface area contributed by atoms with Crippen LogP contribution in [0, 0.1) is 16.0 Å². The molecule has 124 valence electrons. The fraction of sp³-hybridized carbons (Fsp3) is 0.429. The minimum Gasteiger partial charge on any atom is -0.369 e. The summed E-state index contributed by atoms with van der Waals surface area (Å²) in [4.78, 5) is 34.4. The number of nitro groups is 1. The number of piperidine rings is 1. The molecule has 1 aliphatic rings. The minimum atomic E-state index is -0.599. The van der Waals surface area contributed by atoms with Crippen LogP contribution in [-0.2, 0) is 9.59 Å². The highest BCUT2D eigenvalue weighted by Gasteiger charge is 2.27. The average Bonchev–Trinajstić information content (AvgIpc) is 2.49. The number of quaternary nitrogens is 1. The Balaban J connectivity index is 1.89. The molecule has 2 amide bonds. The second-order valence-electron chi connectivity index (χ2n) is 5.57. The maximum absolute atomic E-state index is 12.0. The van der Waals surface area contributed by atoms with Gasteiger partial charge in [-0.15, -0.1) is 0 Å². The molecule has 0 bridgehead atoms. The molecule has 4 N–H and O–H groups in total. The van der Waals surface area contributed by atoms with Gasteiger partial charge in [0.25, 0.3) is 11.6 Å². The zero-order valence-electron chi connectivity index (χ0n) is 12.4. The summed E-state index contributed by atoms with van der Waals surface area (Å²) in [6, 6.07) is 4.12. The van der Waals surface area contributed by atoms with Gasteiger partial charge < -0.3 is 16.0 Å². The number of hydrogen-bond donors (Lipinski definition) is 3. The third-order valence-electron chi connectivity index (χ3n) is 3.93. The highest BCUT2D eigenvalue weighted by molar-refractivity contribution is 6.32. The van der Waals surface area contributed by atoms with Gasteiger partial charge in [0.15, 0.2) is 6.54 Å². The number of nitro benzene ring substituents is 1. The van der Waals surface area contributed by atoms with E-state index in [1.165, 1.54) is 18.2 Å². The largest absolute Gasteiger partial charge is 0.369 e. The predicted octanol–water partition coefficient (Wildman–Crippen LogP) is -0.0331. The number of primary amides is 1. The lowest BCUT2D eigenvalue weighted by Crippen LogP contribution is -3.14. The Morgan fingerprint density at radius 2 is 2.04 bits per heavy atom. The molecular formula is C14H18ClN4O4+. The lowest BCUT2D eigenvalue weighted by atomic mass is 9.96. The monoisotopic (exact) mass is 341 g/mol. The van der Waals surface area contributed by atoms with Crippen LogP contribution in [0.25, 0.3) is 0 Å². The van der Waals surface area contributed by atoms with Crippen LogP contribution in [0.3, 0.4) is 0 Å². The van der Waals surface area contributed by atoms with Gasteiger partial charge in [0, 0.05) is 30.5 Å². The van der Waals surface area contributed by atoms with E-state index in [-0.39, 0.29) is 35.0 Å². The molecule has 0 atom stereocenters. The first-order chi connectivity index (χ1) is 10.9. The first-order valence-electron chi connectivity index (χ1n) is 7.23. The molecule has 1 fully saturated rings. The number of carbonyl (C=O) groups excluding carboxylic acids is 2. The van der Waals surface area contributed by atoms with E-state index in [0.29, 0.717) is 31.6 Å². The van der Waals surface area contributed by atoms with Crippen LogP contribution < -0.4 is 16.0 Å². The van der Waals surface area contributed by atoms with Crippen LogP contribution in [0.4, 0.5) is 11.4 Å². The summed E-state index contributed by atoms with van der Waals surface area (Å²) in [6.07, 6.45) is 1.34. The number of carbonyl (C=O) groups is 2. The molecule has 23 heavy (non-hydrogen) atoms. The number of nitrogens with one attached hydrogen (secondary N) is 2. The normalized spacial score (nSPS) is 20.7. The molecule has 0 saturated carbocycles. The second-order valence-corrected chi connectivity index (χ2v) is 5.98. The van der Waals surface area contributed by atoms with E-state index in [2.05, 4.69) is 5.32 Å². The van der Waals surface area contributed by atoms with Crippen molar-refractivity contribution in [3.8, 4) is 0 Å². The van der Waals surface area contributed by atoms with Crippen molar-refractivity contribution in [2.75, 3.05) is 25.0 Å². The molecule has 0 spiro atoms. The number of benzene rings is 1. The Morgan fingerprint density at radius 3 is 2.61 bits per heavy atom. The Hall–Kier alpha value is -2.19. The van der Waals surface area contributed by atoms with E-state index in [1.807, 2.05) is 0 Å². The van der Waals surface area contributed by atoms with Crippen molar-refractivity contribution in [2.45, 2.75) is 12.8 Å². The standard InChI is InChI=1S/C14H17ClN4O4/c15-11-2-1-10(7-12(11)19(22)23)17-13(20)8-18-5-3-9(4-6-18)14(16)21/h1-2,7,9H,3-6,8H2,(H2,16,21)(H,17,20)/p+1. The Labute approximate surface area is 137 Å². The molecule has 0 aromatic heterocycles. The zero-order valence-corrected chi connectivity index (χ0v) is 13.1. The quantitative estimate of drug-likeness (QED) is 0.514. The predicted molar refractivity (Wildman–Crippen MR) is 84.2 cm³/mol. The van der Waals surface area contributed by atoms with Crippen molar-refractivity contribution in [3.63, 3.8) is 0 Å². The van der Waals surface area contributed by atoms with Crippen LogP contribution >= 0.6 is 11.6 Å². The first-order valence-corrected chi connectivity index (χ1v) is 7.61. The lowest BCUT2D eigenvalue weighted by Gasteiger charge is -2.27. The van der Waals surface area contributed by atoms with Crippen LogP contribution in [0.1, 0.15) is 12.8 Å². The van der Waals surface area contributed by atoms with Crippen LogP contribution in [-0.4, -0.2) is 36.4 Å². The number of halogens is 1. The molecule has 1 heterocycles. The van der Waals surface area contributed by atoms with Crippen LogP contribution in [0.15, 0.2) is 18.2 Å². The van der Waals surface area contributed by atoms with Gasteiger partial charge in [-0.3, -0.25) is 19.7 Å². The van der Waals surface area contributed by atoms with E-state index in [0.717, 1.165) is 4.90 Å². The average molecular weight is 342 g/mol. The van der Waals surface area contributed by atoms with Crippen LogP contribution in [0.2, 0.25) is 5.02 Å². The molecule has 1 aromatic rings. The van der Waals surface area contributed by atoms with Gasteiger partial charge in [0.2, 0.25) is 5.91 Å². The number of amides is 2. The maximum Gasteiger partial charge on any atom is 0.289 e. The SMILES string of the molecule is NC(=O)C1CC[NH+](CC(=O)Nc2ccc(Cl)c([N+](=O)[O-])c2)CC1. The molecule has 0 unspecified atom stereocenters. The molecule has 0 aliphatic carbocycles. The molecular weight excluding hydrogens is 324 g/mol. The van der Waals surface area contributed by atoms with E-state index in [9.17, 15) is 19.7 Å². The van der Waals surface area contributed by atoms with Crippen molar-refractivity contribution >= 4 is 34.8 Å². The van der Waals surface area contributed by atoms with E-state index < -0.39 is 4.92 Å². The van der Waals surface area contributed by atoms with Gasteiger partial charge in [-0.25, -0.2) is 0 Å². The number of likely N-dealkylation sites (tertiary alicyclic amines) is 1. The third-order valence-corrected chi connectivity index (χ3v) is 4.25. The highest BCUT2D eigenvalue weighted by Crippen LogP contribution is 2.27. The summed E-state index contributed by atoms with van der Waals surface area (Å²) >= 11 is 5.73. The summed E-state index contributed by atoms with van der Waals surface area (Å²) in [5.41, 5.74) is 5.35. The Morgan fingerprint density at radius 1 is 1.39 bits per heavy atom. The van der Waals surface area contributed by atoms with Gasteiger partial charge in [-0.05, 0) is 12.1 Å². The van der Waals surface area contributed by atoms with Crippen LogP contribution in [0.5, 0.6) is 0 Å². The summed E-state index contributed by atoms with van der Waals surface area (Å²) in [5, 5.41) is 13.5. The van der Waals surface area contributed by atoms with Gasteiger partial charge >= 0.3 is 0 Å². The molecule has 1 aromatic carbocycles. The minimum absolute atomic E-state index is 0.0205. The molecule has 0 radical (unpaired) electrons. The number of nitrogens with two attached hydrogens (primary N) is 1. The van der Waals surface area contributed by atoms with E-state index in [1.54, 1.807) is 0 Å². The van der Waals surface area contributed by atoms with Gasteiger partial charge in [-0.2, -0.15) is 0 Å². The lowest BCUT2D eigenvalue weighted by molar-refractivity contribution is -0.897. The van der Waals surface area contributed by atoms with Gasteiger partial charge in [0.05, 0.1) is 18.0 Å². The molecule has 1 saturated heterocycles. The molecule has 2 rings (SSSR count). The molecule has 9 heteroatoms. The summed E-state index contributed by atoms with van der Waals surface area (Å²) in [7, 11) is 0. The van der Waals surface area contributed by atoms with Crippen molar-refractivity contribution in [3.05, 3.63) is 33.3 Å². The summed E-state index contributed by atoms with van der Waals surface area (Å²) < 4.78 is 0. The Bertz CT molecular complexity index is 629. The van der Waals surface area contributed by atoms with Crippen molar-refractivity contribution in [1.29, 1.82) is 0 Å². The number of nitrogens with zero attached hydrogens (tertiary/aromatic N) is 1. The third kappa shape index (κ3) is 4.64. The summed E-state index contributed by atoms with van der Waals surface area (Å²) in [5.74, 6) is -0.642. The molecule has 8 nitrogen and oxygen atoms in total. The molecule has 1 aliphatic heterocycles. The van der Waals surface area contributed by atoms with Crippen molar-refractivity contribution in [2.24, 2.45) is 11.7 Å². The number of rotatable bonds is 5. The van der Waals surface area contributed by atoms with Gasteiger partial charge in [-0.1, -0.05) is 11.6 Å². The topological polar surface area (TPSA) is 120 Å². The zero-order chi connectivity index (χ0) is 17.0. The van der Waals surface area contributed by atoms with E-state index >= 15 is 0 Å². The first kappa shape index (κ1) is 17.2. The smallest absolute Gasteiger partial charge is 0.289 e. The van der Waals surface area contributed by atoms with Crippen molar-refractivity contribution in [1.82, 2.24) is 0 Å². The maximum atomic E-state index is 12.0. The summed E-state index contributed by atoms with van der Waals surface area (Å²) in [6.45, 7) is 1.63. The highest BCUT2D eigenvalue weighted by atomic mass is 35.5. The Kier molecular flexibility index (Phi) is 5.51. The van der Waals surface area contributed by atoms with E-state index in [4.69, 9.17) is 17.3 Å². The van der Waals surface area contributed by atoms with Crippen molar-refractivity contribution < 1.29 is 19.4 Å². The fourth-order valence-electron chi connectivity index (χ4n) is 2.65. The van der Waals surface area contributed by atoms with Gasteiger partial charge in [0.1, 0.15) is 5.02 Å². The fourth-order valence-corrected chi connectivity index (χ4v) is 2.84. The number of hydrogen-bond acceptors (Lipinski definition) is 4.